The van der Waals surface area contributed by atoms with Crippen LogP contribution in [0.1, 0.15) is 23.5 Å². The number of aromatic nitrogens is 2. The van der Waals surface area contributed by atoms with Crippen LogP contribution in [-0.4, -0.2) is 15.7 Å². The van der Waals surface area contributed by atoms with Crippen molar-refractivity contribution >= 4 is 11.7 Å². The van der Waals surface area contributed by atoms with Gasteiger partial charge in [0.05, 0.1) is 6.20 Å². The monoisotopic (exact) mass is 227 g/mol. The minimum atomic E-state index is 0.0509. The van der Waals surface area contributed by atoms with Gasteiger partial charge in [0.2, 0.25) is 5.91 Å². The topological polar surface area (TPSA) is 46.9 Å². The van der Waals surface area contributed by atoms with Crippen LogP contribution < -0.4 is 5.32 Å². The minimum absolute atomic E-state index is 0.0509. The average Bonchev–Trinajstić information content (AvgIpc) is 2.72. The molecular formula is C13H13N3O. The SMILES string of the molecule is Cn1ncc2c1NC(=O)CC2c1ccccc1. The number of rotatable bonds is 1. The zero-order valence-corrected chi connectivity index (χ0v) is 9.55. The summed E-state index contributed by atoms with van der Waals surface area (Å²) in [5, 5.41) is 7.08. The molecule has 4 nitrogen and oxygen atoms in total. The van der Waals surface area contributed by atoms with Gasteiger partial charge in [0, 0.05) is 24.9 Å². The van der Waals surface area contributed by atoms with E-state index in [2.05, 4.69) is 22.5 Å². The first-order valence-electron chi connectivity index (χ1n) is 5.62. The second-order valence-electron chi connectivity index (χ2n) is 4.29. The molecule has 3 rings (SSSR count). The highest BCUT2D eigenvalue weighted by Crippen LogP contribution is 2.36. The Labute approximate surface area is 99.3 Å². The number of hydrogen-bond acceptors (Lipinski definition) is 2. The van der Waals surface area contributed by atoms with Gasteiger partial charge in [-0.15, -0.1) is 0 Å². The van der Waals surface area contributed by atoms with Crippen molar-refractivity contribution in [2.75, 3.05) is 5.32 Å². The molecule has 0 spiro atoms. The fourth-order valence-corrected chi connectivity index (χ4v) is 2.32. The Morgan fingerprint density at radius 2 is 2.12 bits per heavy atom. The maximum atomic E-state index is 11.7. The Morgan fingerprint density at radius 1 is 1.35 bits per heavy atom. The number of amides is 1. The quantitative estimate of drug-likeness (QED) is 0.808. The van der Waals surface area contributed by atoms with Gasteiger partial charge in [0.25, 0.3) is 0 Å². The van der Waals surface area contributed by atoms with E-state index in [1.807, 2.05) is 31.4 Å². The van der Waals surface area contributed by atoms with Gasteiger partial charge in [-0.05, 0) is 5.56 Å². The Balaban J connectivity index is 2.10. The van der Waals surface area contributed by atoms with Gasteiger partial charge >= 0.3 is 0 Å². The van der Waals surface area contributed by atoms with Gasteiger partial charge in [-0.25, -0.2) is 0 Å². The molecule has 0 bridgehead atoms. The molecule has 2 heterocycles. The summed E-state index contributed by atoms with van der Waals surface area (Å²) in [5.41, 5.74) is 2.26. The summed E-state index contributed by atoms with van der Waals surface area (Å²) < 4.78 is 1.71. The molecule has 1 unspecified atom stereocenters. The van der Waals surface area contributed by atoms with Crippen molar-refractivity contribution in [2.45, 2.75) is 12.3 Å². The number of anilines is 1. The van der Waals surface area contributed by atoms with Crippen LogP contribution in [0.2, 0.25) is 0 Å². The van der Waals surface area contributed by atoms with Crippen molar-refractivity contribution < 1.29 is 4.79 Å². The number of nitrogens with zero attached hydrogens (tertiary/aromatic N) is 2. The third-order valence-corrected chi connectivity index (χ3v) is 3.19. The van der Waals surface area contributed by atoms with Crippen molar-refractivity contribution in [2.24, 2.45) is 7.05 Å². The predicted octanol–water partition coefficient (Wildman–Crippen LogP) is 1.89. The van der Waals surface area contributed by atoms with Crippen molar-refractivity contribution in [3.05, 3.63) is 47.7 Å². The second kappa shape index (κ2) is 3.73. The normalized spacial score (nSPS) is 18.6. The van der Waals surface area contributed by atoms with E-state index in [1.165, 1.54) is 0 Å². The molecule has 2 aromatic rings. The first-order chi connectivity index (χ1) is 8.25. The van der Waals surface area contributed by atoms with Crippen LogP contribution in [-0.2, 0) is 11.8 Å². The van der Waals surface area contributed by atoms with Crippen molar-refractivity contribution in [1.82, 2.24) is 9.78 Å². The molecule has 1 aromatic heterocycles. The van der Waals surface area contributed by atoms with Crippen LogP contribution in [0.25, 0.3) is 0 Å². The highest BCUT2D eigenvalue weighted by molar-refractivity contribution is 5.94. The van der Waals surface area contributed by atoms with Crippen LogP contribution in [0.4, 0.5) is 5.82 Å². The minimum Gasteiger partial charge on any atom is -0.311 e. The smallest absolute Gasteiger partial charge is 0.226 e. The summed E-state index contributed by atoms with van der Waals surface area (Å²) in [7, 11) is 1.84. The lowest BCUT2D eigenvalue weighted by Gasteiger charge is -2.23. The number of fused-ring (bicyclic) bond motifs is 1. The van der Waals surface area contributed by atoms with Crippen molar-refractivity contribution in [3.8, 4) is 0 Å². The maximum Gasteiger partial charge on any atom is 0.226 e. The number of benzene rings is 1. The summed E-state index contributed by atoms with van der Waals surface area (Å²) in [6, 6.07) is 10.1. The molecule has 0 aliphatic carbocycles. The average molecular weight is 227 g/mol. The van der Waals surface area contributed by atoms with E-state index in [0.717, 1.165) is 16.9 Å². The molecular weight excluding hydrogens is 214 g/mol. The van der Waals surface area contributed by atoms with E-state index in [-0.39, 0.29) is 11.8 Å². The van der Waals surface area contributed by atoms with Gasteiger partial charge < -0.3 is 5.32 Å². The molecule has 0 saturated carbocycles. The van der Waals surface area contributed by atoms with Gasteiger partial charge in [0.15, 0.2) is 0 Å². The standard InChI is InChI=1S/C13H13N3O/c1-16-13-11(8-14-16)10(7-12(17)15-13)9-5-3-2-4-6-9/h2-6,8,10H,7H2,1H3,(H,15,17). The van der Waals surface area contributed by atoms with Crippen molar-refractivity contribution in [1.29, 1.82) is 0 Å². The first-order valence-corrected chi connectivity index (χ1v) is 5.62. The molecule has 1 N–H and O–H groups in total. The molecule has 0 saturated heterocycles. The molecule has 1 amide bonds. The van der Waals surface area contributed by atoms with Crippen LogP contribution in [0.5, 0.6) is 0 Å². The highest BCUT2D eigenvalue weighted by Gasteiger charge is 2.28. The first kappa shape index (κ1) is 10.1. The summed E-state index contributed by atoms with van der Waals surface area (Å²) in [6.07, 6.45) is 2.33. The fourth-order valence-electron chi connectivity index (χ4n) is 2.32. The molecule has 1 aliphatic heterocycles. The zero-order chi connectivity index (χ0) is 11.8. The Kier molecular flexibility index (Phi) is 2.21. The summed E-state index contributed by atoms with van der Waals surface area (Å²) in [6.45, 7) is 0. The zero-order valence-electron chi connectivity index (χ0n) is 9.55. The largest absolute Gasteiger partial charge is 0.311 e. The van der Waals surface area contributed by atoms with E-state index < -0.39 is 0 Å². The van der Waals surface area contributed by atoms with Gasteiger partial charge in [-0.1, -0.05) is 30.3 Å². The van der Waals surface area contributed by atoms with Gasteiger partial charge in [0.1, 0.15) is 5.82 Å². The van der Waals surface area contributed by atoms with Crippen LogP contribution in [0.3, 0.4) is 0 Å². The summed E-state index contributed by atoms with van der Waals surface area (Å²) in [4.78, 5) is 11.7. The highest BCUT2D eigenvalue weighted by atomic mass is 16.1. The van der Waals surface area contributed by atoms with E-state index in [1.54, 1.807) is 4.68 Å². The molecule has 0 radical (unpaired) electrons. The Bertz CT molecular complexity index is 559. The number of hydrogen-bond donors (Lipinski definition) is 1. The molecule has 4 heteroatoms. The molecule has 1 atom stereocenters. The number of carbonyl (C=O) groups excluding carboxylic acids is 1. The number of nitrogens with one attached hydrogen (secondary N) is 1. The molecule has 0 fully saturated rings. The second-order valence-corrected chi connectivity index (χ2v) is 4.29. The number of carbonyl (C=O) groups is 1. The lowest BCUT2D eigenvalue weighted by atomic mass is 9.87. The Hall–Kier alpha value is -2.10. The lowest BCUT2D eigenvalue weighted by Crippen LogP contribution is -2.24. The Morgan fingerprint density at radius 3 is 2.88 bits per heavy atom. The summed E-state index contributed by atoms with van der Waals surface area (Å²) >= 11 is 0. The number of aryl methyl sites for hydroxylation is 1. The third kappa shape index (κ3) is 1.62. The van der Waals surface area contributed by atoms with E-state index in [9.17, 15) is 4.79 Å². The van der Waals surface area contributed by atoms with Gasteiger partial charge in [-0.2, -0.15) is 5.10 Å². The van der Waals surface area contributed by atoms with E-state index >= 15 is 0 Å². The molecule has 86 valence electrons. The van der Waals surface area contributed by atoms with Crippen LogP contribution >= 0.6 is 0 Å². The van der Waals surface area contributed by atoms with E-state index in [4.69, 9.17) is 0 Å². The predicted molar refractivity (Wildman–Crippen MR) is 64.7 cm³/mol. The van der Waals surface area contributed by atoms with Crippen LogP contribution in [0.15, 0.2) is 36.5 Å². The van der Waals surface area contributed by atoms with Crippen LogP contribution in [0, 0.1) is 0 Å². The van der Waals surface area contributed by atoms with Gasteiger partial charge in [-0.3, -0.25) is 9.48 Å². The molecule has 17 heavy (non-hydrogen) atoms. The third-order valence-electron chi connectivity index (χ3n) is 3.19. The lowest BCUT2D eigenvalue weighted by molar-refractivity contribution is -0.116. The molecule has 1 aromatic carbocycles. The summed E-state index contributed by atoms with van der Waals surface area (Å²) in [5.74, 6) is 0.985. The maximum absolute atomic E-state index is 11.7. The molecule has 1 aliphatic rings. The fraction of sp³-hybridized carbons (Fsp3) is 0.231. The van der Waals surface area contributed by atoms with Crippen molar-refractivity contribution in [3.63, 3.8) is 0 Å². The van der Waals surface area contributed by atoms with E-state index in [0.29, 0.717) is 6.42 Å².